The van der Waals surface area contributed by atoms with E-state index in [-0.39, 0.29) is 0 Å². The minimum Gasteiger partial charge on any atom is -0.493 e. The molecule has 0 unspecified atom stereocenters. The van der Waals surface area contributed by atoms with E-state index in [1.807, 2.05) is 12.1 Å². The molecule has 3 aromatic rings. The summed E-state index contributed by atoms with van der Waals surface area (Å²) >= 11 is 0. The molecule has 27 heavy (non-hydrogen) atoms. The van der Waals surface area contributed by atoms with Gasteiger partial charge in [-0.15, -0.1) is 0 Å². The normalized spacial score (nSPS) is 11.0. The second-order valence-corrected chi connectivity index (χ2v) is 6.64. The molecule has 0 atom stereocenters. The molecule has 5 heteroatoms. The Morgan fingerprint density at radius 1 is 0.963 bits per heavy atom. The average molecular weight is 368 g/mol. The molecule has 0 amide bonds. The topological polar surface area (TPSA) is 69.5 Å². The first-order chi connectivity index (χ1) is 13.1. The van der Waals surface area contributed by atoms with Crippen molar-refractivity contribution in [1.29, 1.82) is 0 Å². The monoisotopic (exact) mass is 368 g/mol. The van der Waals surface area contributed by atoms with Crippen LogP contribution in [0.15, 0.2) is 30.3 Å². The van der Waals surface area contributed by atoms with Crippen LogP contribution in [0.5, 0.6) is 17.2 Å². The Balaban J connectivity index is 2.21. The molecule has 0 bridgehead atoms. The summed E-state index contributed by atoms with van der Waals surface area (Å²) < 4.78 is 16.5. The summed E-state index contributed by atoms with van der Waals surface area (Å²) in [5, 5.41) is 1.26. The van der Waals surface area contributed by atoms with Crippen molar-refractivity contribution < 1.29 is 14.2 Å². The van der Waals surface area contributed by atoms with Gasteiger partial charge in [0.1, 0.15) is 0 Å². The van der Waals surface area contributed by atoms with Gasteiger partial charge < -0.3 is 24.9 Å². The van der Waals surface area contributed by atoms with E-state index in [1.54, 1.807) is 21.3 Å². The van der Waals surface area contributed by atoms with Crippen LogP contribution >= 0.6 is 0 Å². The standard InChI is InChI=1S/C22H28N2O3/c1-14-8-7-10-16-17(9-5-6-11-23)21(24-20(14)16)15-12-18(25-2)22(27-4)19(13-15)26-3/h7-8,10,12-13,24H,5-6,9,11,23H2,1-4H3. The van der Waals surface area contributed by atoms with Gasteiger partial charge in [0.25, 0.3) is 0 Å². The zero-order chi connectivity index (χ0) is 19.4. The number of H-pyrrole nitrogens is 1. The van der Waals surface area contributed by atoms with Crippen LogP contribution in [0.4, 0.5) is 0 Å². The lowest BCUT2D eigenvalue weighted by molar-refractivity contribution is 0.324. The highest BCUT2D eigenvalue weighted by Crippen LogP contribution is 2.43. The first-order valence-corrected chi connectivity index (χ1v) is 9.25. The van der Waals surface area contributed by atoms with Gasteiger partial charge in [0.05, 0.1) is 21.3 Å². The summed E-state index contributed by atoms with van der Waals surface area (Å²) in [6.45, 7) is 2.84. The molecule has 0 aliphatic rings. The molecule has 2 aromatic carbocycles. The minimum atomic E-state index is 0.598. The lowest BCUT2D eigenvalue weighted by Gasteiger charge is -2.14. The predicted molar refractivity (Wildman–Crippen MR) is 110 cm³/mol. The van der Waals surface area contributed by atoms with Gasteiger partial charge in [0.15, 0.2) is 11.5 Å². The fourth-order valence-electron chi connectivity index (χ4n) is 3.60. The Labute approximate surface area is 160 Å². The zero-order valence-electron chi connectivity index (χ0n) is 16.5. The summed E-state index contributed by atoms with van der Waals surface area (Å²) in [6, 6.07) is 10.4. The van der Waals surface area contributed by atoms with Gasteiger partial charge in [-0.3, -0.25) is 0 Å². The van der Waals surface area contributed by atoms with Gasteiger partial charge in [-0.05, 0) is 56.0 Å². The molecule has 1 aromatic heterocycles. The second-order valence-electron chi connectivity index (χ2n) is 6.64. The maximum atomic E-state index is 5.71. The summed E-state index contributed by atoms with van der Waals surface area (Å²) in [4.78, 5) is 3.63. The number of hydrogen-bond donors (Lipinski definition) is 2. The van der Waals surface area contributed by atoms with Crippen LogP contribution in [-0.2, 0) is 6.42 Å². The van der Waals surface area contributed by atoms with E-state index in [0.717, 1.165) is 30.5 Å². The molecule has 144 valence electrons. The molecule has 0 spiro atoms. The Hall–Kier alpha value is -2.66. The fraction of sp³-hybridized carbons (Fsp3) is 0.364. The molecule has 1 heterocycles. The number of nitrogens with two attached hydrogens (primary N) is 1. The maximum absolute atomic E-state index is 5.71. The van der Waals surface area contributed by atoms with Crippen molar-refractivity contribution in [3.63, 3.8) is 0 Å². The van der Waals surface area contributed by atoms with Crippen LogP contribution in [0.3, 0.4) is 0 Å². The van der Waals surface area contributed by atoms with Crippen molar-refractivity contribution in [3.05, 3.63) is 41.5 Å². The molecule has 3 rings (SSSR count). The number of para-hydroxylation sites is 1. The summed E-state index contributed by atoms with van der Waals surface area (Å²) in [6.07, 6.45) is 3.02. The van der Waals surface area contributed by atoms with E-state index in [2.05, 4.69) is 30.1 Å². The van der Waals surface area contributed by atoms with E-state index in [4.69, 9.17) is 19.9 Å². The van der Waals surface area contributed by atoms with Crippen LogP contribution in [0.2, 0.25) is 0 Å². The third kappa shape index (κ3) is 3.60. The number of rotatable bonds is 8. The second kappa shape index (κ2) is 8.35. The van der Waals surface area contributed by atoms with E-state index in [9.17, 15) is 0 Å². The van der Waals surface area contributed by atoms with Crippen LogP contribution in [0.25, 0.3) is 22.2 Å². The number of benzene rings is 2. The summed E-state index contributed by atoms with van der Waals surface area (Å²) in [5.74, 6) is 1.89. The summed E-state index contributed by atoms with van der Waals surface area (Å²) in [5.41, 5.74) is 11.5. The van der Waals surface area contributed by atoms with E-state index >= 15 is 0 Å². The molecule has 0 aliphatic carbocycles. The van der Waals surface area contributed by atoms with Gasteiger partial charge in [0, 0.05) is 22.2 Å². The number of unbranched alkanes of at least 4 members (excludes halogenated alkanes) is 1. The number of hydrogen-bond acceptors (Lipinski definition) is 4. The first-order valence-electron chi connectivity index (χ1n) is 9.25. The van der Waals surface area contributed by atoms with Crippen LogP contribution < -0.4 is 19.9 Å². The lowest BCUT2D eigenvalue weighted by atomic mass is 9.99. The lowest BCUT2D eigenvalue weighted by Crippen LogP contribution is -2.00. The average Bonchev–Trinajstić information content (AvgIpc) is 3.07. The van der Waals surface area contributed by atoms with Crippen LogP contribution in [-0.4, -0.2) is 32.9 Å². The van der Waals surface area contributed by atoms with Crippen molar-refractivity contribution in [2.45, 2.75) is 26.2 Å². The number of nitrogens with one attached hydrogen (secondary N) is 1. The number of methoxy groups -OCH3 is 3. The fourth-order valence-corrected chi connectivity index (χ4v) is 3.60. The molecule has 0 fully saturated rings. The zero-order valence-corrected chi connectivity index (χ0v) is 16.5. The molecule has 5 nitrogen and oxygen atoms in total. The SMILES string of the molecule is COc1cc(-c2[nH]c3c(C)cccc3c2CCCCN)cc(OC)c1OC. The van der Waals surface area contributed by atoms with Crippen LogP contribution in [0, 0.1) is 6.92 Å². The van der Waals surface area contributed by atoms with Crippen molar-refractivity contribution in [2.24, 2.45) is 5.73 Å². The quantitative estimate of drug-likeness (QED) is 0.576. The summed E-state index contributed by atoms with van der Waals surface area (Å²) in [7, 11) is 4.89. The van der Waals surface area contributed by atoms with Gasteiger partial charge in [-0.25, -0.2) is 0 Å². The first kappa shape index (κ1) is 19.1. The largest absolute Gasteiger partial charge is 0.493 e. The Morgan fingerprint density at radius 3 is 2.26 bits per heavy atom. The molecular formula is C22H28N2O3. The van der Waals surface area contributed by atoms with Gasteiger partial charge in [-0.2, -0.15) is 0 Å². The number of fused-ring (bicyclic) bond motifs is 1. The third-order valence-electron chi connectivity index (χ3n) is 4.98. The molecular weight excluding hydrogens is 340 g/mol. The molecule has 0 radical (unpaired) electrons. The highest BCUT2D eigenvalue weighted by molar-refractivity contribution is 5.93. The van der Waals surface area contributed by atoms with Crippen molar-refractivity contribution in [1.82, 2.24) is 4.98 Å². The van der Waals surface area contributed by atoms with Crippen molar-refractivity contribution >= 4 is 10.9 Å². The van der Waals surface area contributed by atoms with Crippen molar-refractivity contribution in [3.8, 4) is 28.5 Å². The van der Waals surface area contributed by atoms with Gasteiger partial charge in [-0.1, -0.05) is 18.2 Å². The third-order valence-corrected chi connectivity index (χ3v) is 4.98. The van der Waals surface area contributed by atoms with E-state index in [0.29, 0.717) is 23.8 Å². The van der Waals surface area contributed by atoms with Gasteiger partial charge in [0.2, 0.25) is 5.75 Å². The maximum Gasteiger partial charge on any atom is 0.203 e. The molecule has 0 saturated carbocycles. The van der Waals surface area contributed by atoms with E-state index in [1.165, 1.54) is 22.0 Å². The van der Waals surface area contributed by atoms with Crippen LogP contribution in [0.1, 0.15) is 24.0 Å². The predicted octanol–water partition coefficient (Wildman–Crippen LogP) is 4.45. The Kier molecular flexibility index (Phi) is 5.91. The number of aryl methyl sites for hydroxylation is 2. The highest BCUT2D eigenvalue weighted by Gasteiger charge is 2.19. The minimum absolute atomic E-state index is 0.598. The Bertz CT molecular complexity index is 906. The van der Waals surface area contributed by atoms with Gasteiger partial charge >= 0.3 is 0 Å². The number of aromatic nitrogens is 1. The molecule has 0 saturated heterocycles. The van der Waals surface area contributed by atoms with E-state index < -0.39 is 0 Å². The number of ether oxygens (including phenoxy) is 3. The smallest absolute Gasteiger partial charge is 0.203 e. The molecule has 0 aliphatic heterocycles. The van der Waals surface area contributed by atoms with Crippen molar-refractivity contribution in [2.75, 3.05) is 27.9 Å². The molecule has 3 N–H and O–H groups in total. The Morgan fingerprint density at radius 2 is 1.67 bits per heavy atom. The highest BCUT2D eigenvalue weighted by atomic mass is 16.5. The number of aromatic amines is 1.